The zero-order valence-corrected chi connectivity index (χ0v) is 16.0. The average Bonchev–Trinajstić information content (AvgIpc) is 2.63. The number of carbonyl (C=O) groups excluding carboxylic acids is 2. The van der Waals surface area contributed by atoms with Crippen molar-refractivity contribution in [2.24, 2.45) is 0 Å². The van der Waals surface area contributed by atoms with E-state index in [0.29, 0.717) is 5.69 Å². The van der Waals surface area contributed by atoms with Gasteiger partial charge in [0.2, 0.25) is 15.9 Å². The lowest BCUT2D eigenvalue weighted by molar-refractivity contribution is -0.145. The highest BCUT2D eigenvalue weighted by molar-refractivity contribution is 7.89. The molecular formula is C19H22N2O5S. The van der Waals surface area contributed by atoms with Gasteiger partial charge in [-0.05, 0) is 36.8 Å². The fraction of sp³-hybridized carbons (Fsp3) is 0.263. The van der Waals surface area contributed by atoms with E-state index in [-0.39, 0.29) is 18.0 Å². The van der Waals surface area contributed by atoms with Crippen LogP contribution in [0.25, 0.3) is 0 Å². The van der Waals surface area contributed by atoms with Gasteiger partial charge in [-0.15, -0.1) is 0 Å². The maximum atomic E-state index is 12.7. The largest absolute Gasteiger partial charge is 0.466 e. The van der Waals surface area contributed by atoms with E-state index in [0.717, 1.165) is 5.56 Å². The van der Waals surface area contributed by atoms with E-state index in [4.69, 9.17) is 4.74 Å². The van der Waals surface area contributed by atoms with Crippen LogP contribution in [-0.2, 0) is 30.9 Å². The molecule has 2 aromatic carbocycles. The summed E-state index contributed by atoms with van der Waals surface area (Å²) in [5.74, 6) is -1.14. The van der Waals surface area contributed by atoms with Gasteiger partial charge in [0.05, 0.1) is 11.5 Å². The zero-order valence-electron chi connectivity index (χ0n) is 15.2. The molecule has 1 amide bonds. The molecule has 2 aromatic rings. The summed E-state index contributed by atoms with van der Waals surface area (Å²) in [6, 6.07) is 15.1. The second-order valence-electron chi connectivity index (χ2n) is 5.80. The maximum absolute atomic E-state index is 12.7. The first kappa shape index (κ1) is 20.6. The molecule has 7 nitrogen and oxygen atoms in total. The molecule has 0 spiro atoms. The Hall–Kier alpha value is -2.71. The van der Waals surface area contributed by atoms with Gasteiger partial charge in [0.15, 0.2) is 0 Å². The van der Waals surface area contributed by atoms with Crippen molar-refractivity contribution in [1.82, 2.24) is 4.31 Å². The molecule has 0 aromatic heterocycles. The van der Waals surface area contributed by atoms with Crippen LogP contribution < -0.4 is 5.32 Å². The van der Waals surface area contributed by atoms with E-state index in [1.165, 1.54) is 35.6 Å². The summed E-state index contributed by atoms with van der Waals surface area (Å²) in [6.07, 6.45) is -0.395. The van der Waals surface area contributed by atoms with Crippen molar-refractivity contribution in [1.29, 1.82) is 0 Å². The minimum atomic E-state index is -3.66. The third-order valence-corrected chi connectivity index (χ3v) is 5.52. The Bertz CT molecular complexity index is 880. The number of hydrogen-bond acceptors (Lipinski definition) is 5. The van der Waals surface area contributed by atoms with Gasteiger partial charge in [0.25, 0.3) is 0 Å². The Kier molecular flexibility index (Phi) is 7.09. The Balaban J connectivity index is 2.02. The fourth-order valence-corrected chi connectivity index (χ4v) is 3.52. The minimum Gasteiger partial charge on any atom is -0.466 e. The highest BCUT2D eigenvalue weighted by atomic mass is 32.2. The van der Waals surface area contributed by atoms with Crippen LogP contribution in [0.15, 0.2) is 59.5 Å². The van der Waals surface area contributed by atoms with E-state index in [1.807, 2.05) is 30.3 Å². The minimum absolute atomic E-state index is 0.115. The molecule has 2 rings (SSSR count). The van der Waals surface area contributed by atoms with Crippen molar-refractivity contribution < 1.29 is 22.7 Å². The SMILES string of the molecule is CCOC(=O)CC(=O)Nc1ccc(S(=O)(=O)N(C)Cc2ccccc2)cc1. The molecule has 0 saturated heterocycles. The predicted molar refractivity (Wildman–Crippen MR) is 101 cm³/mol. The Morgan fingerprint density at radius 3 is 2.26 bits per heavy atom. The molecule has 0 unspecified atom stereocenters. The van der Waals surface area contributed by atoms with Gasteiger partial charge in [0.1, 0.15) is 6.42 Å². The Morgan fingerprint density at radius 1 is 1.04 bits per heavy atom. The van der Waals surface area contributed by atoms with E-state index < -0.39 is 28.3 Å². The first-order valence-corrected chi connectivity index (χ1v) is 9.82. The topological polar surface area (TPSA) is 92.8 Å². The third kappa shape index (κ3) is 5.90. The van der Waals surface area contributed by atoms with Gasteiger partial charge in [-0.1, -0.05) is 30.3 Å². The summed E-state index contributed by atoms with van der Waals surface area (Å²) in [6.45, 7) is 2.11. The first-order chi connectivity index (χ1) is 12.8. The Labute approximate surface area is 159 Å². The molecule has 0 radical (unpaired) electrons. The van der Waals surface area contributed by atoms with Crippen molar-refractivity contribution >= 4 is 27.6 Å². The fourth-order valence-electron chi connectivity index (χ4n) is 2.36. The van der Waals surface area contributed by atoms with Crippen LogP contribution in [0, 0.1) is 0 Å². The second kappa shape index (κ2) is 9.29. The van der Waals surface area contributed by atoms with Crippen molar-refractivity contribution in [2.75, 3.05) is 19.0 Å². The molecule has 8 heteroatoms. The van der Waals surface area contributed by atoms with Gasteiger partial charge in [-0.2, -0.15) is 4.31 Å². The van der Waals surface area contributed by atoms with Gasteiger partial charge < -0.3 is 10.1 Å². The summed E-state index contributed by atoms with van der Waals surface area (Å²) < 4.78 is 31.3. The number of anilines is 1. The number of ether oxygens (including phenoxy) is 1. The number of amides is 1. The summed E-state index contributed by atoms with van der Waals surface area (Å²) in [7, 11) is -2.15. The third-order valence-electron chi connectivity index (χ3n) is 3.70. The van der Waals surface area contributed by atoms with E-state index in [9.17, 15) is 18.0 Å². The molecule has 0 aliphatic heterocycles. The second-order valence-corrected chi connectivity index (χ2v) is 7.85. The number of hydrogen-bond donors (Lipinski definition) is 1. The number of esters is 1. The lowest BCUT2D eigenvalue weighted by Crippen LogP contribution is -2.26. The van der Waals surface area contributed by atoms with Crippen LogP contribution in [0.1, 0.15) is 18.9 Å². The zero-order chi connectivity index (χ0) is 19.9. The summed E-state index contributed by atoms with van der Waals surface area (Å²) in [5.41, 5.74) is 1.28. The molecule has 0 saturated carbocycles. The highest BCUT2D eigenvalue weighted by Crippen LogP contribution is 2.19. The first-order valence-electron chi connectivity index (χ1n) is 8.38. The number of nitrogens with zero attached hydrogens (tertiary/aromatic N) is 1. The van der Waals surface area contributed by atoms with Crippen LogP contribution >= 0.6 is 0 Å². The van der Waals surface area contributed by atoms with Crippen molar-refractivity contribution in [3.63, 3.8) is 0 Å². The Morgan fingerprint density at radius 2 is 1.67 bits per heavy atom. The lowest BCUT2D eigenvalue weighted by atomic mass is 10.2. The van der Waals surface area contributed by atoms with Crippen molar-refractivity contribution in [3.05, 3.63) is 60.2 Å². The molecule has 0 bridgehead atoms. The molecular weight excluding hydrogens is 368 g/mol. The van der Waals surface area contributed by atoms with Gasteiger partial charge >= 0.3 is 5.97 Å². The van der Waals surface area contributed by atoms with E-state index in [1.54, 1.807) is 6.92 Å². The molecule has 0 atom stereocenters. The molecule has 0 heterocycles. The smallest absolute Gasteiger partial charge is 0.315 e. The standard InChI is InChI=1S/C19H22N2O5S/c1-3-26-19(23)13-18(22)20-16-9-11-17(12-10-16)27(24,25)21(2)14-15-7-5-4-6-8-15/h4-12H,3,13-14H2,1-2H3,(H,20,22). The number of benzene rings is 2. The summed E-state index contributed by atoms with van der Waals surface area (Å²) in [4.78, 5) is 23.2. The van der Waals surface area contributed by atoms with Crippen LogP contribution in [0.2, 0.25) is 0 Å². The maximum Gasteiger partial charge on any atom is 0.315 e. The van der Waals surface area contributed by atoms with Crippen LogP contribution in [0.3, 0.4) is 0 Å². The predicted octanol–water partition coefficient (Wildman–Crippen LogP) is 2.40. The van der Waals surface area contributed by atoms with Crippen molar-refractivity contribution in [2.45, 2.75) is 24.8 Å². The molecule has 27 heavy (non-hydrogen) atoms. The van der Waals surface area contributed by atoms with Crippen LogP contribution in [-0.4, -0.2) is 38.3 Å². The van der Waals surface area contributed by atoms with Crippen LogP contribution in [0.4, 0.5) is 5.69 Å². The van der Waals surface area contributed by atoms with Gasteiger partial charge in [-0.3, -0.25) is 9.59 Å². The van der Waals surface area contributed by atoms with E-state index in [2.05, 4.69) is 5.32 Å². The monoisotopic (exact) mass is 390 g/mol. The molecule has 0 aliphatic carbocycles. The lowest BCUT2D eigenvalue weighted by Gasteiger charge is -2.17. The van der Waals surface area contributed by atoms with Gasteiger partial charge in [0, 0.05) is 19.3 Å². The average molecular weight is 390 g/mol. The quantitative estimate of drug-likeness (QED) is 0.552. The number of sulfonamides is 1. The molecule has 1 N–H and O–H groups in total. The van der Waals surface area contributed by atoms with E-state index >= 15 is 0 Å². The normalized spacial score (nSPS) is 11.2. The highest BCUT2D eigenvalue weighted by Gasteiger charge is 2.21. The summed E-state index contributed by atoms with van der Waals surface area (Å²) >= 11 is 0. The molecule has 144 valence electrons. The number of rotatable bonds is 8. The van der Waals surface area contributed by atoms with Gasteiger partial charge in [-0.25, -0.2) is 8.42 Å². The number of carbonyl (C=O) groups is 2. The van der Waals surface area contributed by atoms with Crippen LogP contribution in [0.5, 0.6) is 0 Å². The number of nitrogens with one attached hydrogen (secondary N) is 1. The van der Waals surface area contributed by atoms with Crippen molar-refractivity contribution in [3.8, 4) is 0 Å². The summed E-state index contributed by atoms with van der Waals surface area (Å²) in [5, 5.41) is 2.53. The molecule has 0 fully saturated rings. The molecule has 0 aliphatic rings.